The molecule has 0 spiro atoms. The molecule has 5 nitrogen and oxygen atoms in total. The fourth-order valence-corrected chi connectivity index (χ4v) is 2.84. The lowest BCUT2D eigenvalue weighted by Gasteiger charge is -2.16. The quantitative estimate of drug-likeness (QED) is 0.284. The van der Waals surface area contributed by atoms with Crippen molar-refractivity contribution in [3.05, 3.63) is 64.9 Å². The number of hydrogen-bond donors (Lipinski definition) is 2. The molecule has 2 rings (SSSR count). The van der Waals surface area contributed by atoms with E-state index in [1.807, 2.05) is 18.3 Å². The van der Waals surface area contributed by atoms with Gasteiger partial charge in [-0.25, -0.2) is 4.98 Å². The molecule has 0 atom stereocenters. The highest BCUT2D eigenvalue weighted by Crippen LogP contribution is 2.05. The van der Waals surface area contributed by atoms with Crippen molar-refractivity contribution in [3.63, 3.8) is 0 Å². The van der Waals surface area contributed by atoms with Crippen molar-refractivity contribution in [3.8, 4) is 0 Å². The molecule has 1 heterocycles. The van der Waals surface area contributed by atoms with Gasteiger partial charge in [0.2, 0.25) is 0 Å². The minimum atomic E-state index is 0.527. The number of nitrogens with zero attached hydrogens (tertiary/aromatic N) is 3. The molecule has 0 saturated carbocycles. The molecular weight excluding hydrogens is 358 g/mol. The number of rotatable bonds is 10. The first-order valence-electron chi connectivity index (χ1n) is 9.52. The van der Waals surface area contributed by atoms with Crippen LogP contribution in [0.2, 0.25) is 5.15 Å². The second-order valence-corrected chi connectivity index (χ2v) is 6.89. The van der Waals surface area contributed by atoms with Gasteiger partial charge in [-0.2, -0.15) is 0 Å². The Bertz CT molecular complexity index is 673. The average Bonchev–Trinajstić information content (AvgIpc) is 2.67. The Labute approximate surface area is 167 Å². The summed E-state index contributed by atoms with van der Waals surface area (Å²) in [6.45, 7) is 6.53. The summed E-state index contributed by atoms with van der Waals surface area (Å²) in [4.78, 5) is 11.1. The highest BCUT2D eigenvalue weighted by molar-refractivity contribution is 6.29. The lowest BCUT2D eigenvalue weighted by molar-refractivity contribution is 0.324. The van der Waals surface area contributed by atoms with Crippen molar-refractivity contribution in [1.82, 2.24) is 20.5 Å². The standard InChI is InChI=1S/C21H30ClN5/c1-3-23-21(25-14-12-18-10-11-20(22)26-16-18)24-13-7-15-27(2)17-19-8-5-4-6-9-19/h4-6,8-11,16H,3,7,12-15,17H2,1-2H3,(H2,23,24,25). The van der Waals surface area contributed by atoms with Gasteiger partial charge in [-0.1, -0.05) is 48.0 Å². The van der Waals surface area contributed by atoms with Crippen LogP contribution in [0.15, 0.2) is 53.7 Å². The number of pyridine rings is 1. The minimum Gasteiger partial charge on any atom is -0.357 e. The van der Waals surface area contributed by atoms with Crippen molar-refractivity contribution in [1.29, 1.82) is 0 Å². The Morgan fingerprint density at radius 3 is 2.63 bits per heavy atom. The zero-order valence-corrected chi connectivity index (χ0v) is 17.0. The van der Waals surface area contributed by atoms with Crippen LogP contribution in [0.4, 0.5) is 0 Å². The zero-order valence-electron chi connectivity index (χ0n) is 16.3. The summed E-state index contributed by atoms with van der Waals surface area (Å²) in [7, 11) is 2.15. The van der Waals surface area contributed by atoms with Crippen molar-refractivity contribution in [2.75, 3.05) is 33.2 Å². The van der Waals surface area contributed by atoms with Gasteiger partial charge in [0, 0.05) is 32.4 Å². The number of hydrogen-bond acceptors (Lipinski definition) is 3. The fraction of sp³-hybridized carbons (Fsp3) is 0.429. The molecule has 0 aliphatic heterocycles. The summed E-state index contributed by atoms with van der Waals surface area (Å²) >= 11 is 5.82. The molecule has 0 aliphatic carbocycles. The molecule has 146 valence electrons. The number of benzene rings is 1. The largest absolute Gasteiger partial charge is 0.357 e. The predicted molar refractivity (Wildman–Crippen MR) is 114 cm³/mol. The third-order valence-corrected chi connectivity index (χ3v) is 4.33. The van der Waals surface area contributed by atoms with Crippen LogP contribution in [0.3, 0.4) is 0 Å². The van der Waals surface area contributed by atoms with E-state index in [1.165, 1.54) is 5.56 Å². The van der Waals surface area contributed by atoms with E-state index in [-0.39, 0.29) is 0 Å². The van der Waals surface area contributed by atoms with E-state index in [1.54, 1.807) is 0 Å². The molecule has 0 aliphatic rings. The Balaban J connectivity index is 1.68. The van der Waals surface area contributed by atoms with Gasteiger partial charge in [0.15, 0.2) is 5.96 Å². The maximum atomic E-state index is 5.82. The Morgan fingerprint density at radius 1 is 1.11 bits per heavy atom. The normalized spacial score (nSPS) is 11.6. The van der Waals surface area contributed by atoms with Crippen molar-refractivity contribution in [2.24, 2.45) is 4.99 Å². The smallest absolute Gasteiger partial charge is 0.191 e. The summed E-state index contributed by atoms with van der Waals surface area (Å²) in [6.07, 6.45) is 3.73. The molecule has 27 heavy (non-hydrogen) atoms. The summed E-state index contributed by atoms with van der Waals surface area (Å²) in [5.74, 6) is 0.866. The van der Waals surface area contributed by atoms with Crippen LogP contribution >= 0.6 is 11.6 Å². The van der Waals surface area contributed by atoms with Gasteiger partial charge in [0.1, 0.15) is 5.15 Å². The van der Waals surface area contributed by atoms with Crippen LogP contribution in [0, 0.1) is 0 Å². The first kappa shape index (κ1) is 21.2. The lowest BCUT2D eigenvalue weighted by Crippen LogP contribution is -2.38. The molecule has 0 saturated heterocycles. The van der Waals surface area contributed by atoms with Crippen LogP contribution in [0.25, 0.3) is 0 Å². The molecule has 0 amide bonds. The Morgan fingerprint density at radius 2 is 1.93 bits per heavy atom. The van der Waals surface area contributed by atoms with Gasteiger partial charge in [-0.3, -0.25) is 4.99 Å². The van der Waals surface area contributed by atoms with Crippen LogP contribution in [-0.4, -0.2) is 49.1 Å². The van der Waals surface area contributed by atoms with Crippen LogP contribution in [-0.2, 0) is 13.0 Å². The van der Waals surface area contributed by atoms with E-state index in [0.717, 1.165) is 57.1 Å². The maximum absolute atomic E-state index is 5.82. The molecule has 0 fully saturated rings. The van der Waals surface area contributed by atoms with Crippen molar-refractivity contribution in [2.45, 2.75) is 26.3 Å². The van der Waals surface area contributed by atoms with Crippen molar-refractivity contribution < 1.29 is 0 Å². The monoisotopic (exact) mass is 387 g/mol. The molecular formula is C21H30ClN5. The third-order valence-electron chi connectivity index (χ3n) is 4.10. The minimum absolute atomic E-state index is 0.527. The van der Waals surface area contributed by atoms with E-state index < -0.39 is 0 Å². The van der Waals surface area contributed by atoms with E-state index in [4.69, 9.17) is 11.6 Å². The molecule has 0 unspecified atom stereocenters. The highest BCUT2D eigenvalue weighted by atomic mass is 35.5. The van der Waals surface area contributed by atoms with E-state index >= 15 is 0 Å². The predicted octanol–water partition coefficient (Wildman–Crippen LogP) is 3.35. The van der Waals surface area contributed by atoms with Gasteiger partial charge in [-0.05, 0) is 50.6 Å². The SMILES string of the molecule is CCNC(=NCCCN(C)Cc1ccccc1)NCCc1ccc(Cl)nc1. The summed E-state index contributed by atoms with van der Waals surface area (Å²) in [5, 5.41) is 7.20. The van der Waals surface area contributed by atoms with Crippen LogP contribution in [0.1, 0.15) is 24.5 Å². The summed E-state index contributed by atoms with van der Waals surface area (Å²) in [5.41, 5.74) is 2.50. The topological polar surface area (TPSA) is 52.6 Å². The van der Waals surface area contributed by atoms with E-state index in [2.05, 4.69) is 69.8 Å². The highest BCUT2D eigenvalue weighted by Gasteiger charge is 2.01. The molecule has 2 N–H and O–H groups in total. The Hall–Kier alpha value is -2.11. The first-order valence-corrected chi connectivity index (χ1v) is 9.90. The molecule has 2 aromatic rings. The number of halogens is 1. The first-order chi connectivity index (χ1) is 13.2. The zero-order chi connectivity index (χ0) is 19.3. The number of aliphatic imine (C=N–C) groups is 1. The Kier molecular flexibility index (Phi) is 9.66. The summed E-state index contributed by atoms with van der Waals surface area (Å²) in [6, 6.07) is 14.4. The van der Waals surface area contributed by atoms with E-state index in [9.17, 15) is 0 Å². The fourth-order valence-electron chi connectivity index (χ4n) is 2.73. The number of nitrogens with one attached hydrogen (secondary N) is 2. The van der Waals surface area contributed by atoms with Gasteiger partial charge >= 0.3 is 0 Å². The number of guanidine groups is 1. The van der Waals surface area contributed by atoms with Crippen molar-refractivity contribution >= 4 is 17.6 Å². The van der Waals surface area contributed by atoms with E-state index in [0.29, 0.717) is 5.15 Å². The van der Waals surface area contributed by atoms with Crippen LogP contribution < -0.4 is 10.6 Å². The van der Waals surface area contributed by atoms with Crippen LogP contribution in [0.5, 0.6) is 0 Å². The molecule has 1 aromatic heterocycles. The van der Waals surface area contributed by atoms with Gasteiger partial charge < -0.3 is 15.5 Å². The molecule has 1 aromatic carbocycles. The lowest BCUT2D eigenvalue weighted by atomic mass is 10.2. The second-order valence-electron chi connectivity index (χ2n) is 6.50. The number of aromatic nitrogens is 1. The summed E-state index contributed by atoms with van der Waals surface area (Å²) < 4.78 is 0. The molecule has 0 radical (unpaired) electrons. The second kappa shape index (κ2) is 12.3. The molecule has 6 heteroatoms. The average molecular weight is 388 g/mol. The maximum Gasteiger partial charge on any atom is 0.191 e. The third kappa shape index (κ3) is 8.89. The molecule has 0 bridgehead atoms. The van der Waals surface area contributed by atoms with Gasteiger partial charge in [-0.15, -0.1) is 0 Å². The van der Waals surface area contributed by atoms with Gasteiger partial charge in [0.25, 0.3) is 0 Å². The van der Waals surface area contributed by atoms with Gasteiger partial charge in [0.05, 0.1) is 0 Å².